The summed E-state index contributed by atoms with van der Waals surface area (Å²) >= 11 is 6.28. The first kappa shape index (κ1) is 14.5. The molecule has 5 heteroatoms. The van der Waals surface area contributed by atoms with Crippen LogP contribution in [0.3, 0.4) is 0 Å². The first-order valence-corrected chi connectivity index (χ1v) is 7.97. The van der Waals surface area contributed by atoms with Crippen LogP contribution in [0.4, 0.5) is 0 Å². The zero-order chi connectivity index (χ0) is 14.8. The summed E-state index contributed by atoms with van der Waals surface area (Å²) in [7, 11) is 0. The molecule has 21 heavy (non-hydrogen) atoms. The summed E-state index contributed by atoms with van der Waals surface area (Å²) in [6.07, 6.45) is 6.22. The third-order valence-corrected chi connectivity index (χ3v) is 4.70. The highest BCUT2D eigenvalue weighted by Gasteiger charge is 2.25. The fourth-order valence-electron chi connectivity index (χ4n) is 3.25. The molecule has 0 bridgehead atoms. The average Bonchev–Trinajstić information content (AvgIpc) is 2.90. The van der Waals surface area contributed by atoms with Crippen LogP contribution in [0.1, 0.15) is 61.4 Å². The standard InChI is InChI=1S/C16H21ClN4/c1-11-19-20-16(21(11)12-7-3-2-4-8-12)15(18)13-9-5-6-10-14(13)17/h5-6,9-10,12,15H,2-4,7-8,18H2,1H3/t15-/m1/s1. The predicted octanol–water partition coefficient (Wildman–Crippen LogP) is 3.79. The lowest BCUT2D eigenvalue weighted by molar-refractivity contribution is 0.338. The van der Waals surface area contributed by atoms with Crippen molar-refractivity contribution < 1.29 is 0 Å². The summed E-state index contributed by atoms with van der Waals surface area (Å²) in [4.78, 5) is 0. The minimum Gasteiger partial charge on any atom is -0.318 e. The van der Waals surface area contributed by atoms with Gasteiger partial charge in [0.25, 0.3) is 0 Å². The molecule has 0 aliphatic heterocycles. The number of hydrogen-bond acceptors (Lipinski definition) is 3. The van der Waals surface area contributed by atoms with Gasteiger partial charge in [-0.3, -0.25) is 0 Å². The van der Waals surface area contributed by atoms with Crippen LogP contribution >= 0.6 is 11.6 Å². The molecular weight excluding hydrogens is 284 g/mol. The number of aromatic nitrogens is 3. The highest BCUT2D eigenvalue weighted by atomic mass is 35.5. The summed E-state index contributed by atoms with van der Waals surface area (Å²) < 4.78 is 2.23. The second-order valence-corrected chi connectivity index (χ2v) is 6.17. The smallest absolute Gasteiger partial charge is 0.154 e. The number of nitrogens with two attached hydrogens (primary N) is 1. The van der Waals surface area contributed by atoms with Gasteiger partial charge < -0.3 is 10.3 Å². The van der Waals surface area contributed by atoms with Gasteiger partial charge in [0, 0.05) is 11.1 Å². The molecule has 1 heterocycles. The van der Waals surface area contributed by atoms with E-state index in [1.165, 1.54) is 32.1 Å². The van der Waals surface area contributed by atoms with E-state index < -0.39 is 0 Å². The van der Waals surface area contributed by atoms with Gasteiger partial charge in [-0.2, -0.15) is 0 Å². The first-order chi connectivity index (χ1) is 10.2. The summed E-state index contributed by atoms with van der Waals surface area (Å²) in [6.45, 7) is 2.00. The summed E-state index contributed by atoms with van der Waals surface area (Å²) in [5.74, 6) is 1.77. The maximum Gasteiger partial charge on any atom is 0.154 e. The monoisotopic (exact) mass is 304 g/mol. The lowest BCUT2D eigenvalue weighted by Crippen LogP contribution is -2.23. The molecule has 1 aliphatic carbocycles. The molecule has 1 aromatic carbocycles. The van der Waals surface area contributed by atoms with Crippen molar-refractivity contribution in [1.82, 2.24) is 14.8 Å². The van der Waals surface area contributed by atoms with Gasteiger partial charge >= 0.3 is 0 Å². The lowest BCUT2D eigenvalue weighted by Gasteiger charge is -2.26. The molecular formula is C16H21ClN4. The molecule has 2 aromatic rings. The van der Waals surface area contributed by atoms with Crippen LogP contribution in [0.25, 0.3) is 0 Å². The minimum absolute atomic E-state index is 0.332. The summed E-state index contributed by atoms with van der Waals surface area (Å²) in [5.41, 5.74) is 7.34. The molecule has 0 amide bonds. The van der Waals surface area contributed by atoms with Crippen LogP contribution in [0.5, 0.6) is 0 Å². The third kappa shape index (κ3) is 2.83. The molecule has 1 aromatic heterocycles. The van der Waals surface area contributed by atoms with Gasteiger partial charge in [0.15, 0.2) is 5.82 Å². The van der Waals surface area contributed by atoms with Crippen molar-refractivity contribution in [3.8, 4) is 0 Å². The van der Waals surface area contributed by atoms with Crippen molar-refractivity contribution >= 4 is 11.6 Å². The van der Waals surface area contributed by atoms with E-state index in [0.29, 0.717) is 11.1 Å². The van der Waals surface area contributed by atoms with Crippen LogP contribution in [0.2, 0.25) is 5.02 Å². The Balaban J connectivity index is 1.97. The van der Waals surface area contributed by atoms with E-state index in [0.717, 1.165) is 17.2 Å². The van der Waals surface area contributed by atoms with Gasteiger partial charge in [0.2, 0.25) is 0 Å². The molecule has 0 radical (unpaired) electrons. The fourth-order valence-corrected chi connectivity index (χ4v) is 3.51. The van der Waals surface area contributed by atoms with Crippen molar-refractivity contribution in [1.29, 1.82) is 0 Å². The van der Waals surface area contributed by atoms with Crippen LogP contribution in [-0.4, -0.2) is 14.8 Å². The second kappa shape index (κ2) is 6.16. The Morgan fingerprint density at radius 3 is 2.62 bits per heavy atom. The van der Waals surface area contributed by atoms with Crippen molar-refractivity contribution in [3.05, 3.63) is 46.5 Å². The van der Waals surface area contributed by atoms with E-state index in [9.17, 15) is 0 Å². The molecule has 1 aliphatic rings. The van der Waals surface area contributed by atoms with Gasteiger partial charge in [-0.05, 0) is 31.4 Å². The molecule has 1 atom stereocenters. The van der Waals surface area contributed by atoms with Crippen molar-refractivity contribution in [2.24, 2.45) is 5.73 Å². The Labute approximate surface area is 130 Å². The zero-order valence-corrected chi connectivity index (χ0v) is 13.1. The SMILES string of the molecule is Cc1nnc([C@H](N)c2ccccc2Cl)n1C1CCCCC1. The van der Waals surface area contributed by atoms with E-state index in [1.807, 2.05) is 31.2 Å². The molecule has 2 N–H and O–H groups in total. The lowest BCUT2D eigenvalue weighted by atomic mass is 9.94. The maximum atomic E-state index is 6.43. The highest BCUT2D eigenvalue weighted by molar-refractivity contribution is 6.31. The average molecular weight is 305 g/mol. The normalized spacial score (nSPS) is 17.9. The Morgan fingerprint density at radius 2 is 1.90 bits per heavy atom. The number of hydrogen-bond donors (Lipinski definition) is 1. The van der Waals surface area contributed by atoms with Gasteiger partial charge in [0.05, 0.1) is 6.04 Å². The van der Waals surface area contributed by atoms with Gasteiger partial charge in [-0.25, -0.2) is 0 Å². The van der Waals surface area contributed by atoms with Crippen LogP contribution in [0, 0.1) is 6.92 Å². The van der Waals surface area contributed by atoms with Gasteiger partial charge in [-0.15, -0.1) is 10.2 Å². The number of rotatable bonds is 3. The van der Waals surface area contributed by atoms with Gasteiger partial charge in [-0.1, -0.05) is 49.1 Å². The second-order valence-electron chi connectivity index (χ2n) is 5.77. The van der Waals surface area contributed by atoms with E-state index in [-0.39, 0.29) is 6.04 Å². The first-order valence-electron chi connectivity index (χ1n) is 7.60. The largest absolute Gasteiger partial charge is 0.318 e. The molecule has 4 nitrogen and oxygen atoms in total. The highest BCUT2D eigenvalue weighted by Crippen LogP contribution is 2.33. The Bertz CT molecular complexity index is 616. The predicted molar refractivity (Wildman–Crippen MR) is 84.4 cm³/mol. The Morgan fingerprint density at radius 1 is 1.19 bits per heavy atom. The molecule has 3 rings (SSSR count). The van der Waals surface area contributed by atoms with Crippen LogP contribution in [0.15, 0.2) is 24.3 Å². The number of nitrogens with zero attached hydrogens (tertiary/aromatic N) is 3. The van der Waals surface area contributed by atoms with Crippen molar-refractivity contribution in [2.45, 2.75) is 51.1 Å². The molecule has 0 saturated heterocycles. The molecule has 1 fully saturated rings. The van der Waals surface area contributed by atoms with E-state index in [2.05, 4.69) is 14.8 Å². The zero-order valence-electron chi connectivity index (χ0n) is 12.3. The summed E-state index contributed by atoms with van der Waals surface area (Å²) in [6, 6.07) is 7.83. The van der Waals surface area contributed by atoms with Crippen LogP contribution in [-0.2, 0) is 0 Å². The number of benzene rings is 1. The van der Waals surface area contributed by atoms with Crippen LogP contribution < -0.4 is 5.73 Å². The van der Waals surface area contributed by atoms with Crippen molar-refractivity contribution in [2.75, 3.05) is 0 Å². The quantitative estimate of drug-likeness (QED) is 0.938. The minimum atomic E-state index is -0.332. The third-order valence-electron chi connectivity index (χ3n) is 4.35. The molecule has 0 unspecified atom stereocenters. The number of halogens is 1. The van der Waals surface area contributed by atoms with Gasteiger partial charge in [0.1, 0.15) is 5.82 Å². The summed E-state index contributed by atoms with van der Waals surface area (Å²) in [5, 5.41) is 9.28. The topological polar surface area (TPSA) is 56.7 Å². The van der Waals surface area contributed by atoms with Crippen molar-refractivity contribution in [3.63, 3.8) is 0 Å². The number of aryl methyl sites for hydroxylation is 1. The Kier molecular flexibility index (Phi) is 4.27. The maximum absolute atomic E-state index is 6.43. The molecule has 112 valence electrons. The van der Waals surface area contributed by atoms with E-state index in [4.69, 9.17) is 17.3 Å². The van der Waals surface area contributed by atoms with E-state index in [1.54, 1.807) is 0 Å². The molecule has 1 saturated carbocycles. The Hall–Kier alpha value is -1.39. The van der Waals surface area contributed by atoms with E-state index >= 15 is 0 Å². The fraction of sp³-hybridized carbons (Fsp3) is 0.500. The molecule has 0 spiro atoms.